The van der Waals surface area contributed by atoms with E-state index in [2.05, 4.69) is 104 Å². The van der Waals surface area contributed by atoms with Crippen LogP contribution >= 0.6 is 0 Å². The highest BCUT2D eigenvalue weighted by atomic mass is 15.1. The third-order valence-corrected chi connectivity index (χ3v) is 8.21. The van der Waals surface area contributed by atoms with E-state index in [9.17, 15) is 0 Å². The molecule has 0 amide bonds. The Morgan fingerprint density at radius 2 is 1.61 bits per heavy atom. The van der Waals surface area contributed by atoms with Gasteiger partial charge in [0.2, 0.25) is 0 Å². The van der Waals surface area contributed by atoms with Gasteiger partial charge in [-0.25, -0.2) is 0 Å². The van der Waals surface area contributed by atoms with Gasteiger partial charge >= 0.3 is 0 Å². The molecule has 4 heteroatoms. The number of pyridine rings is 2. The van der Waals surface area contributed by atoms with Crippen molar-refractivity contribution in [3.05, 3.63) is 121 Å². The van der Waals surface area contributed by atoms with Crippen molar-refractivity contribution in [2.24, 2.45) is 0 Å². The number of hydrogen-bond acceptors (Lipinski definition) is 4. The molecule has 0 radical (unpaired) electrons. The number of aromatic nitrogens is 2. The average Bonchev–Trinajstić information content (AvgIpc) is 3.54. The highest BCUT2D eigenvalue weighted by Gasteiger charge is 2.16. The van der Waals surface area contributed by atoms with Crippen molar-refractivity contribution in [3.63, 3.8) is 0 Å². The number of piperidine rings is 1. The first kappa shape index (κ1) is 36.4. The Hall–Kier alpha value is -3.76. The van der Waals surface area contributed by atoms with Gasteiger partial charge in [-0.15, -0.1) is 13.2 Å². The standard InChI is InChI=1S/C24H30N2.C13H18N2.C2H4.CH4/c1-5-23(18(2)3)24-14-21(10-9-19(24)4)22-13-20(15-25-16-22)17-26-11-7-6-8-12-26;1-10-7-8-13(14-9-10)11(2)15-12-5-3-4-6-12;1-2;/h5,9-10,13-16H,2,6-8,11-12,17H2,1,3-4H3;7-9,12,15H,2-6H2,1H3;1-2H2;1H4/b23-5-;;;. The molecule has 3 aromatic rings. The van der Waals surface area contributed by atoms with Gasteiger partial charge in [0.15, 0.2) is 0 Å². The minimum absolute atomic E-state index is 0. The number of nitrogens with one attached hydrogen (secondary N) is 1. The molecule has 44 heavy (non-hydrogen) atoms. The predicted octanol–water partition coefficient (Wildman–Crippen LogP) is 10.4. The maximum atomic E-state index is 4.52. The number of rotatable bonds is 8. The zero-order chi connectivity index (χ0) is 31.2. The van der Waals surface area contributed by atoms with Crippen LogP contribution in [0.3, 0.4) is 0 Å². The molecule has 1 saturated carbocycles. The summed E-state index contributed by atoms with van der Waals surface area (Å²) in [4.78, 5) is 11.4. The fourth-order valence-electron chi connectivity index (χ4n) is 5.87. The molecular weight excluding hydrogens is 536 g/mol. The Morgan fingerprint density at radius 1 is 0.909 bits per heavy atom. The zero-order valence-corrected chi connectivity index (χ0v) is 27.1. The topological polar surface area (TPSA) is 41.1 Å². The third-order valence-electron chi connectivity index (χ3n) is 8.21. The minimum atomic E-state index is 0. The van der Waals surface area contributed by atoms with Gasteiger partial charge in [0, 0.05) is 36.7 Å². The summed E-state index contributed by atoms with van der Waals surface area (Å²) < 4.78 is 0. The molecule has 1 saturated heterocycles. The van der Waals surface area contributed by atoms with E-state index in [0.717, 1.165) is 23.5 Å². The maximum absolute atomic E-state index is 4.52. The molecule has 236 valence electrons. The van der Waals surface area contributed by atoms with E-state index in [4.69, 9.17) is 0 Å². The van der Waals surface area contributed by atoms with E-state index in [0.29, 0.717) is 6.04 Å². The second-order valence-electron chi connectivity index (χ2n) is 11.8. The fourth-order valence-corrected chi connectivity index (χ4v) is 5.87. The molecule has 1 aliphatic heterocycles. The monoisotopic (exact) mass is 592 g/mol. The summed E-state index contributed by atoms with van der Waals surface area (Å²) in [6.07, 6.45) is 17.3. The van der Waals surface area contributed by atoms with Gasteiger partial charge in [0.05, 0.1) is 11.4 Å². The van der Waals surface area contributed by atoms with Crippen molar-refractivity contribution in [3.8, 4) is 11.1 Å². The lowest BCUT2D eigenvalue weighted by atomic mass is 9.92. The van der Waals surface area contributed by atoms with Crippen LogP contribution in [0.1, 0.15) is 94.2 Å². The summed E-state index contributed by atoms with van der Waals surface area (Å²) in [5, 5.41) is 3.46. The summed E-state index contributed by atoms with van der Waals surface area (Å²) >= 11 is 0. The van der Waals surface area contributed by atoms with Crippen LogP contribution in [0.5, 0.6) is 0 Å². The average molecular weight is 593 g/mol. The van der Waals surface area contributed by atoms with E-state index in [-0.39, 0.29) is 7.43 Å². The lowest BCUT2D eigenvalue weighted by Crippen LogP contribution is -2.29. The minimum Gasteiger partial charge on any atom is -0.381 e. The van der Waals surface area contributed by atoms with E-state index >= 15 is 0 Å². The molecule has 0 spiro atoms. The highest BCUT2D eigenvalue weighted by molar-refractivity contribution is 5.82. The van der Waals surface area contributed by atoms with Crippen molar-refractivity contribution in [2.45, 2.75) is 92.7 Å². The van der Waals surface area contributed by atoms with Gasteiger partial charge in [-0.2, -0.15) is 0 Å². The first-order chi connectivity index (χ1) is 20.8. The Labute approximate surface area is 268 Å². The summed E-state index contributed by atoms with van der Waals surface area (Å²) in [6, 6.07) is 13.7. The van der Waals surface area contributed by atoms with Gasteiger partial charge in [-0.05, 0) is 118 Å². The number of hydrogen-bond donors (Lipinski definition) is 1. The van der Waals surface area contributed by atoms with Crippen LogP contribution in [0.4, 0.5) is 0 Å². The van der Waals surface area contributed by atoms with Crippen molar-refractivity contribution in [1.82, 2.24) is 20.2 Å². The molecular formula is C40H56N4. The van der Waals surface area contributed by atoms with Crippen LogP contribution in [-0.4, -0.2) is 34.0 Å². The van der Waals surface area contributed by atoms with Gasteiger partial charge in [-0.3, -0.25) is 14.9 Å². The van der Waals surface area contributed by atoms with Gasteiger partial charge < -0.3 is 5.32 Å². The van der Waals surface area contributed by atoms with Crippen LogP contribution < -0.4 is 5.32 Å². The van der Waals surface area contributed by atoms with E-state index < -0.39 is 0 Å². The SMILES string of the molecule is C.C=C.C=C(C)/C(=C/C)c1cc(-c2cncc(CN3CCCCC3)c2)ccc1C.C=C(NC1CCCC1)c1ccc(C)cn1. The maximum Gasteiger partial charge on any atom is 0.0855 e. The molecule has 2 aliphatic rings. The molecule has 0 unspecified atom stereocenters. The summed E-state index contributed by atoms with van der Waals surface area (Å²) in [5.41, 5.74) is 11.7. The lowest BCUT2D eigenvalue weighted by molar-refractivity contribution is 0.220. The number of nitrogens with zero attached hydrogens (tertiary/aromatic N) is 3. The smallest absolute Gasteiger partial charge is 0.0855 e. The van der Waals surface area contributed by atoms with Crippen LogP contribution in [-0.2, 0) is 6.54 Å². The van der Waals surface area contributed by atoms with Crippen molar-refractivity contribution < 1.29 is 0 Å². The van der Waals surface area contributed by atoms with Crippen LogP contribution in [0.2, 0.25) is 0 Å². The summed E-state index contributed by atoms with van der Waals surface area (Å²) in [7, 11) is 0. The fraction of sp³-hybridized carbons (Fsp3) is 0.400. The van der Waals surface area contributed by atoms with Crippen molar-refractivity contribution in [2.75, 3.05) is 13.1 Å². The molecule has 3 heterocycles. The van der Waals surface area contributed by atoms with Crippen LogP contribution in [0.25, 0.3) is 22.4 Å². The molecule has 1 N–H and O–H groups in total. The van der Waals surface area contributed by atoms with E-state index in [1.807, 2.05) is 31.6 Å². The van der Waals surface area contributed by atoms with Crippen LogP contribution in [0, 0.1) is 13.8 Å². The molecule has 1 aliphatic carbocycles. The Bertz CT molecular complexity index is 1360. The first-order valence-electron chi connectivity index (χ1n) is 15.8. The second kappa shape index (κ2) is 18.8. The number of likely N-dealkylation sites (tertiary alicyclic amines) is 1. The van der Waals surface area contributed by atoms with Gasteiger partial charge in [0.1, 0.15) is 0 Å². The predicted molar refractivity (Wildman–Crippen MR) is 193 cm³/mol. The van der Waals surface area contributed by atoms with Crippen LogP contribution in [0.15, 0.2) is 93.0 Å². The highest BCUT2D eigenvalue weighted by Crippen LogP contribution is 2.30. The van der Waals surface area contributed by atoms with E-state index in [1.54, 1.807) is 0 Å². The second-order valence-corrected chi connectivity index (χ2v) is 11.8. The lowest BCUT2D eigenvalue weighted by Gasteiger charge is -2.26. The molecule has 0 atom stereocenters. The van der Waals surface area contributed by atoms with Gasteiger partial charge in [0.25, 0.3) is 0 Å². The third kappa shape index (κ3) is 10.7. The molecule has 0 bridgehead atoms. The Balaban J connectivity index is 0.000000320. The molecule has 5 rings (SSSR count). The summed E-state index contributed by atoms with van der Waals surface area (Å²) in [5.74, 6) is 0. The first-order valence-corrected chi connectivity index (χ1v) is 15.8. The quantitative estimate of drug-likeness (QED) is 0.209. The zero-order valence-electron chi connectivity index (χ0n) is 27.1. The molecule has 2 aromatic heterocycles. The van der Waals surface area contributed by atoms with Gasteiger partial charge in [-0.1, -0.05) is 69.7 Å². The summed E-state index contributed by atoms with van der Waals surface area (Å²) in [6.45, 7) is 26.0. The molecule has 4 nitrogen and oxygen atoms in total. The van der Waals surface area contributed by atoms with Crippen molar-refractivity contribution >= 4 is 11.3 Å². The number of aryl methyl sites for hydroxylation is 2. The Kier molecular flexibility index (Phi) is 15.6. The largest absolute Gasteiger partial charge is 0.381 e. The van der Waals surface area contributed by atoms with Crippen molar-refractivity contribution in [1.29, 1.82) is 0 Å². The van der Waals surface area contributed by atoms with E-state index in [1.165, 1.54) is 97.0 Å². The normalized spacial score (nSPS) is 15.1. The molecule has 1 aromatic carbocycles. The number of allylic oxidation sites excluding steroid dienone is 3. The molecule has 2 fully saturated rings. The Morgan fingerprint density at radius 3 is 2.23 bits per heavy atom. The number of benzene rings is 1.